The summed E-state index contributed by atoms with van der Waals surface area (Å²) in [6.07, 6.45) is 9.40. The van der Waals surface area contributed by atoms with E-state index in [1.165, 1.54) is 56.5 Å². The first-order valence-electron chi connectivity index (χ1n) is 8.47. The van der Waals surface area contributed by atoms with Gasteiger partial charge in [0.1, 0.15) is 5.82 Å². The molecule has 2 fully saturated rings. The van der Waals surface area contributed by atoms with Gasteiger partial charge >= 0.3 is 0 Å². The third kappa shape index (κ3) is 2.02. The minimum absolute atomic E-state index is 0.432. The van der Waals surface area contributed by atoms with Crippen molar-refractivity contribution in [3.05, 3.63) is 17.2 Å². The minimum Gasteiger partial charge on any atom is -0.328 e. The van der Waals surface area contributed by atoms with Gasteiger partial charge in [0, 0.05) is 37.2 Å². The summed E-state index contributed by atoms with van der Waals surface area (Å²) in [5.74, 6) is 2.19. The van der Waals surface area contributed by atoms with E-state index in [0.29, 0.717) is 11.5 Å². The van der Waals surface area contributed by atoms with Gasteiger partial charge in [0.05, 0.1) is 5.69 Å². The van der Waals surface area contributed by atoms with Crippen LogP contribution in [0.3, 0.4) is 0 Å². The van der Waals surface area contributed by atoms with Gasteiger partial charge in [-0.05, 0) is 31.1 Å². The number of fused-ring (bicyclic) bond motifs is 1. The molecule has 2 saturated carbocycles. The van der Waals surface area contributed by atoms with Crippen molar-refractivity contribution in [1.29, 1.82) is 0 Å². The minimum atomic E-state index is 0.432. The highest BCUT2D eigenvalue weighted by molar-refractivity contribution is 5.25. The molecule has 0 bridgehead atoms. The van der Waals surface area contributed by atoms with E-state index in [-0.39, 0.29) is 0 Å². The molecule has 2 heterocycles. The van der Waals surface area contributed by atoms with Gasteiger partial charge in [0.15, 0.2) is 0 Å². The van der Waals surface area contributed by atoms with Crippen molar-refractivity contribution in [3.63, 3.8) is 0 Å². The van der Waals surface area contributed by atoms with Crippen molar-refractivity contribution in [2.24, 2.45) is 5.41 Å². The van der Waals surface area contributed by atoms with Crippen LogP contribution >= 0.6 is 0 Å². The summed E-state index contributed by atoms with van der Waals surface area (Å²) in [6, 6.07) is 0.682. The molecule has 0 amide bonds. The molecule has 1 aromatic heterocycles. The molecule has 1 aliphatic heterocycles. The lowest BCUT2D eigenvalue weighted by Gasteiger charge is -2.41. The molecule has 0 saturated heterocycles. The molecule has 0 radical (unpaired) electrons. The second kappa shape index (κ2) is 4.59. The van der Waals surface area contributed by atoms with Crippen LogP contribution in [0.25, 0.3) is 0 Å². The second-order valence-electron chi connectivity index (χ2n) is 7.68. The number of aromatic nitrogens is 2. The summed E-state index contributed by atoms with van der Waals surface area (Å²) in [7, 11) is 0. The second-order valence-corrected chi connectivity index (χ2v) is 7.68. The highest BCUT2D eigenvalue weighted by Gasteiger charge is 2.40. The van der Waals surface area contributed by atoms with E-state index in [4.69, 9.17) is 4.98 Å². The summed E-state index contributed by atoms with van der Waals surface area (Å²) >= 11 is 0. The molecule has 3 nitrogen and oxygen atoms in total. The Kier molecular flexibility index (Phi) is 2.95. The molecule has 2 aliphatic carbocycles. The number of nitrogens with zero attached hydrogens (tertiary/aromatic N) is 2. The Morgan fingerprint density at radius 2 is 2.05 bits per heavy atom. The topological polar surface area (TPSA) is 29.9 Å². The molecule has 0 spiro atoms. The van der Waals surface area contributed by atoms with Gasteiger partial charge in [-0.1, -0.05) is 26.7 Å². The van der Waals surface area contributed by atoms with Gasteiger partial charge in [0.2, 0.25) is 0 Å². The van der Waals surface area contributed by atoms with Gasteiger partial charge in [-0.2, -0.15) is 0 Å². The Morgan fingerprint density at radius 1 is 1.20 bits per heavy atom. The zero-order chi connectivity index (χ0) is 13.7. The molecule has 3 heteroatoms. The van der Waals surface area contributed by atoms with Crippen LogP contribution in [0.5, 0.6) is 0 Å². The summed E-state index contributed by atoms with van der Waals surface area (Å²) in [5.41, 5.74) is 3.34. The molecular formula is C17H27N3. The average Bonchev–Trinajstić information content (AvgIpc) is 3.20. The highest BCUT2D eigenvalue weighted by atomic mass is 15.2. The van der Waals surface area contributed by atoms with Gasteiger partial charge in [-0.25, -0.2) is 4.98 Å². The maximum absolute atomic E-state index is 5.05. The summed E-state index contributed by atoms with van der Waals surface area (Å²) in [6.45, 7) is 7.05. The number of hydrogen-bond donors (Lipinski definition) is 1. The van der Waals surface area contributed by atoms with Crippen molar-refractivity contribution >= 4 is 0 Å². The largest absolute Gasteiger partial charge is 0.328 e. The van der Waals surface area contributed by atoms with Crippen molar-refractivity contribution in [3.8, 4) is 0 Å². The quantitative estimate of drug-likeness (QED) is 0.893. The lowest BCUT2D eigenvalue weighted by atomic mass is 9.73. The smallest absolute Gasteiger partial charge is 0.112 e. The molecule has 110 valence electrons. The molecule has 1 unspecified atom stereocenters. The van der Waals surface area contributed by atoms with Gasteiger partial charge in [-0.15, -0.1) is 0 Å². The number of imidazole rings is 1. The summed E-state index contributed by atoms with van der Waals surface area (Å²) < 4.78 is 2.72. The molecular weight excluding hydrogens is 246 g/mol. The number of nitrogens with one attached hydrogen (secondary N) is 1. The molecule has 1 N–H and O–H groups in total. The SMILES string of the molecule is CC1(C)CCCCC1n1c(C2CC2)nc2c1CCNC2. The van der Waals surface area contributed by atoms with Crippen LogP contribution in [0, 0.1) is 5.41 Å². The van der Waals surface area contributed by atoms with Crippen LogP contribution in [-0.4, -0.2) is 16.1 Å². The van der Waals surface area contributed by atoms with E-state index in [2.05, 4.69) is 23.7 Å². The Morgan fingerprint density at radius 3 is 2.80 bits per heavy atom. The van der Waals surface area contributed by atoms with E-state index in [0.717, 1.165) is 19.0 Å². The van der Waals surface area contributed by atoms with E-state index in [1.807, 2.05) is 0 Å². The van der Waals surface area contributed by atoms with E-state index in [9.17, 15) is 0 Å². The maximum atomic E-state index is 5.05. The maximum Gasteiger partial charge on any atom is 0.112 e. The summed E-state index contributed by atoms with van der Waals surface area (Å²) in [4.78, 5) is 5.05. The van der Waals surface area contributed by atoms with Gasteiger partial charge in [-0.3, -0.25) is 0 Å². The molecule has 1 aromatic rings. The van der Waals surface area contributed by atoms with Gasteiger partial charge in [0.25, 0.3) is 0 Å². The van der Waals surface area contributed by atoms with E-state index < -0.39 is 0 Å². The van der Waals surface area contributed by atoms with Crippen LogP contribution in [-0.2, 0) is 13.0 Å². The molecule has 0 aromatic carbocycles. The van der Waals surface area contributed by atoms with Crippen molar-refractivity contribution in [2.45, 2.75) is 77.3 Å². The third-order valence-corrected chi connectivity index (χ3v) is 5.66. The fourth-order valence-electron chi connectivity index (χ4n) is 4.29. The molecule has 4 rings (SSSR count). The van der Waals surface area contributed by atoms with Crippen molar-refractivity contribution in [2.75, 3.05) is 6.54 Å². The van der Waals surface area contributed by atoms with E-state index in [1.54, 1.807) is 5.69 Å². The molecule has 3 aliphatic rings. The first-order valence-corrected chi connectivity index (χ1v) is 8.47. The average molecular weight is 273 g/mol. The Bertz CT molecular complexity index is 511. The third-order valence-electron chi connectivity index (χ3n) is 5.66. The standard InChI is InChI=1S/C17H27N3/c1-17(2)9-4-3-5-15(17)20-14-8-10-18-11-13(14)19-16(20)12-6-7-12/h12,15,18H,3-11H2,1-2H3. The number of rotatable bonds is 2. The number of hydrogen-bond acceptors (Lipinski definition) is 2. The fourth-order valence-corrected chi connectivity index (χ4v) is 4.29. The Labute approximate surface area is 122 Å². The zero-order valence-corrected chi connectivity index (χ0v) is 12.9. The predicted molar refractivity (Wildman–Crippen MR) is 80.9 cm³/mol. The lowest BCUT2D eigenvalue weighted by molar-refractivity contribution is 0.138. The zero-order valence-electron chi connectivity index (χ0n) is 12.9. The monoisotopic (exact) mass is 273 g/mol. The Hall–Kier alpha value is -0.830. The van der Waals surface area contributed by atoms with Crippen LogP contribution in [0.1, 0.15) is 81.5 Å². The van der Waals surface area contributed by atoms with Crippen molar-refractivity contribution < 1.29 is 0 Å². The first-order chi connectivity index (χ1) is 9.67. The molecule has 20 heavy (non-hydrogen) atoms. The normalized spacial score (nSPS) is 29.2. The van der Waals surface area contributed by atoms with Gasteiger partial charge < -0.3 is 9.88 Å². The lowest BCUT2D eigenvalue weighted by Crippen LogP contribution is -2.34. The van der Waals surface area contributed by atoms with Crippen LogP contribution in [0.15, 0.2) is 0 Å². The highest BCUT2D eigenvalue weighted by Crippen LogP contribution is 2.49. The fraction of sp³-hybridized carbons (Fsp3) is 0.824. The summed E-state index contributed by atoms with van der Waals surface area (Å²) in [5, 5.41) is 3.49. The van der Waals surface area contributed by atoms with Crippen LogP contribution < -0.4 is 5.32 Å². The van der Waals surface area contributed by atoms with E-state index >= 15 is 0 Å². The molecule has 1 atom stereocenters. The predicted octanol–water partition coefficient (Wildman–Crippen LogP) is 3.55. The first kappa shape index (κ1) is 12.9. The Balaban J connectivity index is 1.80. The van der Waals surface area contributed by atoms with Crippen LogP contribution in [0.4, 0.5) is 0 Å². The van der Waals surface area contributed by atoms with Crippen molar-refractivity contribution in [1.82, 2.24) is 14.9 Å². The van der Waals surface area contributed by atoms with Crippen LogP contribution in [0.2, 0.25) is 0 Å².